The van der Waals surface area contributed by atoms with Crippen molar-refractivity contribution in [2.75, 3.05) is 6.61 Å². The molecule has 0 aromatic carbocycles. The molecule has 3 N–H and O–H groups in total. The predicted molar refractivity (Wildman–Crippen MR) is 49.4 cm³/mol. The van der Waals surface area contributed by atoms with Gasteiger partial charge in [-0.05, 0) is 25.7 Å². The Balaban J connectivity index is 2.74. The van der Waals surface area contributed by atoms with Gasteiger partial charge in [0.2, 0.25) is 0 Å². The third-order valence-corrected chi connectivity index (χ3v) is 1.97. The van der Waals surface area contributed by atoms with Crippen LogP contribution < -0.4 is 5.73 Å². The van der Waals surface area contributed by atoms with Crippen molar-refractivity contribution in [3.05, 3.63) is 11.3 Å². The molecule has 1 rings (SSSR count). The van der Waals surface area contributed by atoms with Crippen molar-refractivity contribution in [1.29, 1.82) is 5.41 Å². The minimum Gasteiger partial charge on any atom is -0.462 e. The van der Waals surface area contributed by atoms with Crippen LogP contribution in [0.2, 0.25) is 0 Å². The van der Waals surface area contributed by atoms with Crippen LogP contribution in [0.1, 0.15) is 19.8 Å². The largest absolute Gasteiger partial charge is 0.462 e. The standard InChI is InChI=1S/C9H14N2O2/c1-2-13-9(12)7(5-10)8(11)6-3-4-6/h5-6,10H,2-4,11H2,1H3/b8-7+,10-5?. The predicted octanol–water partition coefficient (Wildman–Crippen LogP) is 0.822. The van der Waals surface area contributed by atoms with Crippen LogP contribution in [-0.2, 0) is 9.53 Å². The van der Waals surface area contributed by atoms with E-state index >= 15 is 0 Å². The fraction of sp³-hybridized carbons (Fsp3) is 0.556. The molecule has 0 unspecified atom stereocenters. The Labute approximate surface area is 77.3 Å². The summed E-state index contributed by atoms with van der Waals surface area (Å²) in [5.41, 5.74) is 6.41. The minimum atomic E-state index is -0.484. The molecule has 4 nitrogen and oxygen atoms in total. The van der Waals surface area contributed by atoms with Crippen LogP contribution >= 0.6 is 0 Å². The third kappa shape index (κ3) is 2.31. The fourth-order valence-corrected chi connectivity index (χ4v) is 1.08. The first-order valence-corrected chi connectivity index (χ1v) is 4.38. The summed E-state index contributed by atoms with van der Waals surface area (Å²) in [5.74, 6) is -0.192. The molecule has 4 heteroatoms. The SMILES string of the molecule is CCOC(=O)/C(C=N)=C(/N)C1CC1. The molecule has 13 heavy (non-hydrogen) atoms. The van der Waals surface area contributed by atoms with Crippen molar-refractivity contribution in [3.8, 4) is 0 Å². The Hall–Kier alpha value is -1.32. The molecule has 0 bridgehead atoms. The molecule has 0 radical (unpaired) electrons. The maximum atomic E-state index is 11.2. The van der Waals surface area contributed by atoms with Crippen LogP contribution in [0.15, 0.2) is 11.3 Å². The number of allylic oxidation sites excluding steroid dienone is 1. The number of hydrogen-bond acceptors (Lipinski definition) is 4. The molecule has 1 saturated carbocycles. The summed E-state index contributed by atoms with van der Waals surface area (Å²) in [6.45, 7) is 2.04. The number of ether oxygens (including phenoxy) is 1. The summed E-state index contributed by atoms with van der Waals surface area (Å²) in [5, 5.41) is 7.06. The van der Waals surface area contributed by atoms with Crippen LogP contribution in [0, 0.1) is 11.3 Å². The van der Waals surface area contributed by atoms with Crippen molar-refractivity contribution >= 4 is 12.2 Å². The Kier molecular flexibility index (Phi) is 3.06. The zero-order valence-corrected chi connectivity index (χ0v) is 7.67. The summed E-state index contributed by atoms with van der Waals surface area (Å²) in [7, 11) is 0. The Morgan fingerprint density at radius 2 is 2.31 bits per heavy atom. The summed E-state index contributed by atoms with van der Waals surface area (Å²) in [6, 6.07) is 0. The number of rotatable bonds is 4. The number of carbonyl (C=O) groups excluding carboxylic acids is 1. The first-order chi connectivity index (χ1) is 6.20. The van der Waals surface area contributed by atoms with E-state index in [9.17, 15) is 4.79 Å². The summed E-state index contributed by atoms with van der Waals surface area (Å²) in [6.07, 6.45) is 3.01. The lowest BCUT2D eigenvalue weighted by molar-refractivity contribution is -0.137. The number of carbonyl (C=O) groups is 1. The number of nitrogens with one attached hydrogen (secondary N) is 1. The van der Waals surface area contributed by atoms with Gasteiger partial charge < -0.3 is 15.9 Å². The van der Waals surface area contributed by atoms with Gasteiger partial charge in [-0.3, -0.25) is 0 Å². The Morgan fingerprint density at radius 3 is 2.69 bits per heavy atom. The van der Waals surface area contributed by atoms with E-state index in [2.05, 4.69) is 0 Å². The smallest absolute Gasteiger partial charge is 0.341 e. The van der Waals surface area contributed by atoms with E-state index < -0.39 is 5.97 Å². The average molecular weight is 182 g/mol. The highest BCUT2D eigenvalue weighted by Crippen LogP contribution is 2.35. The highest BCUT2D eigenvalue weighted by molar-refractivity contribution is 6.09. The van der Waals surface area contributed by atoms with E-state index in [0.717, 1.165) is 19.1 Å². The first-order valence-electron chi connectivity index (χ1n) is 4.38. The normalized spacial score (nSPS) is 17.6. The maximum absolute atomic E-state index is 11.2. The zero-order chi connectivity index (χ0) is 9.84. The quantitative estimate of drug-likeness (QED) is 0.384. The van der Waals surface area contributed by atoms with Crippen LogP contribution in [0.4, 0.5) is 0 Å². The fourth-order valence-electron chi connectivity index (χ4n) is 1.08. The van der Waals surface area contributed by atoms with E-state index in [-0.39, 0.29) is 5.57 Å². The van der Waals surface area contributed by atoms with Gasteiger partial charge in [0, 0.05) is 11.9 Å². The molecule has 0 aliphatic heterocycles. The van der Waals surface area contributed by atoms with Crippen molar-refractivity contribution in [2.45, 2.75) is 19.8 Å². The molecule has 1 fully saturated rings. The molecule has 1 aliphatic rings. The topological polar surface area (TPSA) is 76.2 Å². The molecule has 1 aliphatic carbocycles. The van der Waals surface area contributed by atoms with Gasteiger partial charge in [-0.1, -0.05) is 0 Å². The van der Waals surface area contributed by atoms with Crippen molar-refractivity contribution in [1.82, 2.24) is 0 Å². The lowest BCUT2D eigenvalue weighted by Crippen LogP contribution is -2.16. The van der Waals surface area contributed by atoms with Gasteiger partial charge in [0.25, 0.3) is 0 Å². The first kappa shape index (κ1) is 9.77. The molecule has 0 aromatic rings. The van der Waals surface area contributed by atoms with Gasteiger partial charge in [0.1, 0.15) is 0 Å². The highest BCUT2D eigenvalue weighted by Gasteiger charge is 2.28. The number of esters is 1. The summed E-state index contributed by atoms with van der Waals surface area (Å²) < 4.78 is 4.77. The van der Waals surface area contributed by atoms with Crippen LogP contribution in [0.25, 0.3) is 0 Å². The molecule has 0 heterocycles. The second kappa shape index (κ2) is 4.07. The van der Waals surface area contributed by atoms with E-state index in [4.69, 9.17) is 15.9 Å². The van der Waals surface area contributed by atoms with Crippen molar-refractivity contribution in [2.24, 2.45) is 11.7 Å². The molecule has 0 atom stereocenters. The number of nitrogens with two attached hydrogens (primary N) is 1. The molecular weight excluding hydrogens is 168 g/mol. The van der Waals surface area contributed by atoms with Crippen LogP contribution in [-0.4, -0.2) is 18.8 Å². The van der Waals surface area contributed by atoms with Crippen molar-refractivity contribution < 1.29 is 9.53 Å². The second-order valence-electron chi connectivity index (χ2n) is 3.01. The van der Waals surface area contributed by atoms with E-state index in [1.54, 1.807) is 6.92 Å². The summed E-state index contributed by atoms with van der Waals surface area (Å²) in [4.78, 5) is 11.2. The van der Waals surface area contributed by atoms with Crippen molar-refractivity contribution in [3.63, 3.8) is 0 Å². The third-order valence-electron chi connectivity index (χ3n) is 1.97. The van der Waals surface area contributed by atoms with E-state index in [0.29, 0.717) is 18.2 Å². The highest BCUT2D eigenvalue weighted by atomic mass is 16.5. The number of hydrogen-bond donors (Lipinski definition) is 2. The lowest BCUT2D eigenvalue weighted by Gasteiger charge is -2.05. The molecule has 0 amide bonds. The second-order valence-corrected chi connectivity index (χ2v) is 3.01. The molecule has 72 valence electrons. The molecule has 0 spiro atoms. The summed E-state index contributed by atoms with van der Waals surface area (Å²) >= 11 is 0. The van der Waals surface area contributed by atoms with Gasteiger partial charge in [-0.2, -0.15) is 0 Å². The van der Waals surface area contributed by atoms with Crippen LogP contribution in [0.3, 0.4) is 0 Å². The van der Waals surface area contributed by atoms with Gasteiger partial charge in [0.05, 0.1) is 12.2 Å². The monoisotopic (exact) mass is 182 g/mol. The Bertz CT molecular complexity index is 254. The molecular formula is C9H14N2O2. The molecule has 0 saturated heterocycles. The zero-order valence-electron chi connectivity index (χ0n) is 7.67. The van der Waals surface area contributed by atoms with Crippen LogP contribution in [0.5, 0.6) is 0 Å². The average Bonchev–Trinajstić information content (AvgIpc) is 2.88. The lowest BCUT2D eigenvalue weighted by atomic mass is 10.1. The van der Waals surface area contributed by atoms with Gasteiger partial charge in [-0.25, -0.2) is 4.79 Å². The van der Waals surface area contributed by atoms with Gasteiger partial charge in [-0.15, -0.1) is 0 Å². The minimum absolute atomic E-state index is 0.212. The maximum Gasteiger partial charge on any atom is 0.341 e. The Morgan fingerprint density at radius 1 is 1.69 bits per heavy atom. The van der Waals surface area contributed by atoms with E-state index in [1.807, 2.05) is 0 Å². The van der Waals surface area contributed by atoms with E-state index in [1.165, 1.54) is 0 Å². The molecule has 0 aromatic heterocycles. The van der Waals surface area contributed by atoms with Gasteiger partial charge in [0.15, 0.2) is 0 Å². The van der Waals surface area contributed by atoms with Gasteiger partial charge >= 0.3 is 5.97 Å².